The summed E-state index contributed by atoms with van der Waals surface area (Å²) in [7, 11) is -4.59. The van der Waals surface area contributed by atoms with Crippen molar-refractivity contribution in [2.45, 2.75) is 51.7 Å². The molecule has 1 saturated carbocycles. The molecule has 0 amide bonds. The van der Waals surface area contributed by atoms with Crippen LogP contribution in [0.2, 0.25) is 0 Å². The Balaban J connectivity index is 1.66. The number of aliphatic hydroxyl groups is 1. The number of nitrogens with one attached hydrogen (secondary N) is 2. The maximum atomic E-state index is 13.6. The van der Waals surface area contributed by atoms with Crippen molar-refractivity contribution < 1.29 is 22.9 Å². The first-order chi connectivity index (χ1) is 19.0. The molecule has 14 heteroatoms. The van der Waals surface area contributed by atoms with Gasteiger partial charge in [-0.2, -0.15) is 13.4 Å². The van der Waals surface area contributed by atoms with Crippen molar-refractivity contribution in [3.05, 3.63) is 45.5 Å². The second-order valence-electron chi connectivity index (χ2n) is 10.3. The molecule has 214 valence electrons. The van der Waals surface area contributed by atoms with Crippen molar-refractivity contribution in [2.75, 3.05) is 42.1 Å². The van der Waals surface area contributed by atoms with Crippen LogP contribution in [0.1, 0.15) is 66.4 Å². The van der Waals surface area contributed by atoms with Gasteiger partial charge in [-0.1, -0.05) is 12.8 Å². The molecule has 4 N–H and O–H groups in total. The summed E-state index contributed by atoms with van der Waals surface area (Å²) in [5, 5.41) is 17.5. The summed E-state index contributed by atoms with van der Waals surface area (Å²) >= 11 is 0. The Morgan fingerprint density at radius 2 is 1.90 bits per heavy atom. The van der Waals surface area contributed by atoms with E-state index >= 15 is 0 Å². The van der Waals surface area contributed by atoms with Crippen molar-refractivity contribution in [1.29, 1.82) is 0 Å². The maximum absolute atomic E-state index is 13.6. The molecular formula is C26H33N7O6S. The van der Waals surface area contributed by atoms with E-state index in [0.29, 0.717) is 18.7 Å². The van der Waals surface area contributed by atoms with Crippen LogP contribution in [-0.2, 0) is 10.1 Å². The van der Waals surface area contributed by atoms with Crippen LogP contribution < -0.4 is 21.1 Å². The lowest BCUT2D eigenvalue weighted by Crippen LogP contribution is -2.43. The van der Waals surface area contributed by atoms with E-state index < -0.39 is 33.3 Å². The van der Waals surface area contributed by atoms with Gasteiger partial charge in [-0.25, -0.2) is 9.97 Å². The number of aryl methyl sites for hydroxylation is 1. The van der Waals surface area contributed by atoms with Crippen LogP contribution in [-0.4, -0.2) is 75.3 Å². The normalized spacial score (nSPS) is 17.4. The highest BCUT2D eigenvalue weighted by Crippen LogP contribution is 2.34. The first-order valence-electron chi connectivity index (χ1n) is 13.3. The number of ketones is 1. The number of rotatable bonds is 8. The predicted molar refractivity (Wildman–Crippen MR) is 150 cm³/mol. The molecule has 0 radical (unpaired) electrons. The van der Waals surface area contributed by atoms with Crippen molar-refractivity contribution in [1.82, 2.24) is 24.8 Å². The number of hydrogen-bond acceptors (Lipinski definition) is 11. The lowest BCUT2D eigenvalue weighted by Gasteiger charge is -2.29. The van der Waals surface area contributed by atoms with E-state index in [1.165, 1.54) is 11.5 Å². The minimum Gasteiger partial charge on any atom is -0.386 e. The molecule has 0 unspecified atom stereocenters. The number of pyridine rings is 2. The largest absolute Gasteiger partial charge is 0.386 e. The van der Waals surface area contributed by atoms with Gasteiger partial charge in [0.2, 0.25) is 5.95 Å². The number of piperazine rings is 1. The van der Waals surface area contributed by atoms with Crippen molar-refractivity contribution in [2.24, 2.45) is 0 Å². The Morgan fingerprint density at radius 3 is 2.50 bits per heavy atom. The zero-order valence-electron chi connectivity index (χ0n) is 22.4. The number of hydrogen-bond donors (Lipinski definition) is 4. The molecule has 13 nitrogen and oxygen atoms in total. The second-order valence-corrected chi connectivity index (χ2v) is 11.8. The smallest absolute Gasteiger partial charge is 0.267 e. The Labute approximate surface area is 231 Å². The van der Waals surface area contributed by atoms with Gasteiger partial charge in [-0.05, 0) is 44.4 Å². The molecule has 0 aromatic carbocycles. The zero-order chi connectivity index (χ0) is 28.6. The molecule has 40 heavy (non-hydrogen) atoms. The molecule has 3 aromatic rings. The summed E-state index contributed by atoms with van der Waals surface area (Å²) in [6.07, 6.45) is 3.19. The maximum Gasteiger partial charge on any atom is 0.267 e. The van der Waals surface area contributed by atoms with Gasteiger partial charge in [0, 0.05) is 37.6 Å². The summed E-state index contributed by atoms with van der Waals surface area (Å²) in [6.45, 7) is 6.32. The van der Waals surface area contributed by atoms with Gasteiger partial charge in [0.1, 0.15) is 23.3 Å². The average Bonchev–Trinajstić information content (AvgIpc) is 3.42. The van der Waals surface area contributed by atoms with E-state index in [4.69, 9.17) is 0 Å². The molecule has 0 bridgehead atoms. The zero-order valence-corrected chi connectivity index (χ0v) is 23.2. The van der Waals surface area contributed by atoms with E-state index in [2.05, 4.69) is 30.5 Å². The van der Waals surface area contributed by atoms with Gasteiger partial charge in [-0.15, -0.1) is 0 Å². The molecule has 3 aromatic heterocycles. The Bertz CT molecular complexity index is 1590. The number of fused-ring (bicyclic) bond motifs is 1. The Kier molecular flexibility index (Phi) is 7.86. The van der Waals surface area contributed by atoms with Gasteiger partial charge in [-0.3, -0.25) is 18.7 Å². The molecular weight excluding hydrogens is 538 g/mol. The minimum atomic E-state index is -4.59. The lowest BCUT2D eigenvalue weighted by molar-refractivity contribution is 0.101. The van der Waals surface area contributed by atoms with Crippen molar-refractivity contribution in [3.63, 3.8) is 0 Å². The van der Waals surface area contributed by atoms with Crippen LogP contribution in [0, 0.1) is 6.92 Å². The fourth-order valence-corrected chi connectivity index (χ4v) is 6.23. The quantitative estimate of drug-likeness (QED) is 0.228. The van der Waals surface area contributed by atoms with Crippen LogP contribution in [0.25, 0.3) is 11.0 Å². The summed E-state index contributed by atoms with van der Waals surface area (Å²) < 4.78 is 34.3. The highest BCUT2D eigenvalue weighted by atomic mass is 32.2. The second kappa shape index (κ2) is 11.2. The monoisotopic (exact) mass is 571 g/mol. The number of aliphatic hydroxyl groups excluding tert-OH is 1. The third-order valence-electron chi connectivity index (χ3n) is 7.52. The Hall–Kier alpha value is -3.46. The molecule has 2 aliphatic rings. The molecule has 2 fully saturated rings. The first kappa shape index (κ1) is 28.1. The third kappa shape index (κ3) is 5.70. The predicted octanol–water partition coefficient (Wildman–Crippen LogP) is 1.89. The third-order valence-corrected chi connectivity index (χ3v) is 8.26. The van der Waals surface area contributed by atoms with Gasteiger partial charge >= 0.3 is 0 Å². The first-order valence-corrected chi connectivity index (χ1v) is 14.9. The highest BCUT2D eigenvalue weighted by Gasteiger charge is 2.30. The summed E-state index contributed by atoms with van der Waals surface area (Å²) in [4.78, 5) is 42.0. The standard InChI is InChI=1S/C26H33N7O6S/c1-15-21(16(2)34)25(36)33(17-5-3-4-6-17)24-22(15)23(19(35)14-40(37,38)39)30-26(31-24)29-20-8-7-18(13-28-20)32-11-9-27-10-12-32/h7-8,13,17,19,27,35H,3-6,9-12,14H2,1-2H3,(H,37,38,39)(H,28,29,30,31)/t19-/m1/s1. The number of nitrogens with zero attached hydrogens (tertiary/aromatic N) is 5. The molecule has 5 rings (SSSR count). The summed E-state index contributed by atoms with van der Waals surface area (Å²) in [5.41, 5.74) is 0.722. The van der Waals surface area contributed by atoms with E-state index in [0.717, 1.165) is 44.7 Å². The van der Waals surface area contributed by atoms with E-state index in [-0.39, 0.29) is 39.8 Å². The number of carbonyl (C=O) groups is 1. The molecule has 1 atom stereocenters. The van der Waals surface area contributed by atoms with Crippen LogP contribution in [0.15, 0.2) is 23.1 Å². The van der Waals surface area contributed by atoms with Crippen LogP contribution in [0.5, 0.6) is 0 Å². The fraction of sp³-hybridized carbons (Fsp3) is 0.500. The van der Waals surface area contributed by atoms with Gasteiger partial charge in [0.15, 0.2) is 5.78 Å². The van der Waals surface area contributed by atoms with Crippen molar-refractivity contribution >= 4 is 44.4 Å². The van der Waals surface area contributed by atoms with Gasteiger partial charge < -0.3 is 20.6 Å². The number of carbonyl (C=O) groups excluding carboxylic acids is 1. The van der Waals surface area contributed by atoms with Crippen LogP contribution in [0.3, 0.4) is 0 Å². The van der Waals surface area contributed by atoms with Crippen LogP contribution in [0.4, 0.5) is 17.5 Å². The number of Topliss-reactive ketones (excluding diaryl/α,β-unsaturated/α-hetero) is 1. The van der Waals surface area contributed by atoms with Crippen LogP contribution >= 0.6 is 0 Å². The summed E-state index contributed by atoms with van der Waals surface area (Å²) in [6, 6.07) is 3.44. The topological polar surface area (TPSA) is 180 Å². The van der Waals surface area contributed by atoms with Crippen molar-refractivity contribution in [3.8, 4) is 0 Å². The van der Waals surface area contributed by atoms with E-state index in [1.54, 1.807) is 19.2 Å². The molecule has 1 aliphatic heterocycles. The summed E-state index contributed by atoms with van der Waals surface area (Å²) in [5.74, 6) is -1.09. The van der Waals surface area contributed by atoms with Gasteiger partial charge in [0.25, 0.3) is 15.7 Å². The molecule has 1 aliphatic carbocycles. The highest BCUT2D eigenvalue weighted by molar-refractivity contribution is 7.85. The van der Waals surface area contributed by atoms with E-state index in [1.807, 2.05) is 6.07 Å². The average molecular weight is 572 g/mol. The van der Waals surface area contributed by atoms with E-state index in [9.17, 15) is 27.7 Å². The number of aromatic nitrogens is 4. The SMILES string of the molecule is CC(=O)c1c(C)c2c([C@H](O)CS(=O)(=O)O)nc(Nc3ccc(N4CCNCC4)cn3)nc2n(C2CCCC2)c1=O. The number of anilines is 3. The molecule has 4 heterocycles. The minimum absolute atomic E-state index is 0.0135. The molecule has 1 saturated heterocycles. The van der Waals surface area contributed by atoms with Gasteiger partial charge in [0.05, 0.1) is 23.1 Å². The lowest BCUT2D eigenvalue weighted by atomic mass is 10.00. The molecule has 0 spiro atoms. The Morgan fingerprint density at radius 1 is 1.20 bits per heavy atom. The fourth-order valence-electron chi connectivity index (χ4n) is 5.68.